The van der Waals surface area contributed by atoms with Crippen LogP contribution in [0.1, 0.15) is 70.3 Å². The smallest absolute Gasteiger partial charge is 0.277 e. The van der Waals surface area contributed by atoms with Crippen molar-refractivity contribution in [2.45, 2.75) is 64.3 Å². The summed E-state index contributed by atoms with van der Waals surface area (Å²) in [5.41, 5.74) is 10.4. The highest BCUT2D eigenvalue weighted by molar-refractivity contribution is 5.91. The summed E-state index contributed by atoms with van der Waals surface area (Å²) in [5, 5.41) is 0.894. The Hall–Kier alpha value is -2.27. The lowest BCUT2D eigenvalue weighted by molar-refractivity contribution is 0.0434. The zero-order chi connectivity index (χ0) is 19.4. The lowest BCUT2D eigenvalue weighted by Gasteiger charge is -2.50. The van der Waals surface area contributed by atoms with Crippen molar-refractivity contribution in [2.24, 2.45) is 11.1 Å². The first kappa shape index (κ1) is 16.9. The van der Waals surface area contributed by atoms with Crippen LogP contribution in [0.2, 0.25) is 0 Å². The van der Waals surface area contributed by atoms with E-state index in [1.54, 1.807) is 0 Å². The standard InChI is InChI=1S/C22H26N4O/c1-20(2,3)15-7-6-12-14(24-15)9-11-26-17-16(19(27)25-18(12)26)13-8-10-21(13,4)22(17,5)23/h6-7,9,11,13H,8,10,23H2,1-5H3. The maximum Gasteiger partial charge on any atom is 0.277 e. The molecule has 0 aromatic carbocycles. The van der Waals surface area contributed by atoms with E-state index in [0.29, 0.717) is 5.65 Å². The molecule has 2 N–H and O–H groups in total. The second-order valence-corrected chi connectivity index (χ2v) is 9.78. The number of pyridine rings is 2. The molecule has 140 valence electrons. The van der Waals surface area contributed by atoms with Gasteiger partial charge in [-0.2, -0.15) is 4.98 Å². The van der Waals surface area contributed by atoms with Gasteiger partial charge >= 0.3 is 0 Å². The Labute approximate surface area is 158 Å². The van der Waals surface area contributed by atoms with E-state index in [4.69, 9.17) is 10.7 Å². The zero-order valence-electron chi connectivity index (χ0n) is 16.6. The van der Waals surface area contributed by atoms with E-state index in [-0.39, 0.29) is 22.3 Å². The van der Waals surface area contributed by atoms with Gasteiger partial charge in [-0.25, -0.2) is 0 Å². The number of aromatic nitrogens is 3. The van der Waals surface area contributed by atoms with Gasteiger partial charge in [-0.3, -0.25) is 9.78 Å². The summed E-state index contributed by atoms with van der Waals surface area (Å²) in [6.45, 7) is 10.7. The molecule has 5 heteroatoms. The number of fused-ring (bicyclic) bond motifs is 7. The Morgan fingerprint density at radius 3 is 2.56 bits per heavy atom. The normalized spacial score (nSPS) is 29.6. The molecular weight excluding hydrogens is 336 g/mol. The molecule has 27 heavy (non-hydrogen) atoms. The molecule has 1 fully saturated rings. The molecule has 2 aliphatic carbocycles. The SMILES string of the molecule is CC(C)(C)c1ccc2c(ccn3c4c(c(=O)nc23)C2CCC2(C)C4(C)N)n1. The van der Waals surface area contributed by atoms with Crippen molar-refractivity contribution in [3.8, 4) is 0 Å². The Balaban J connectivity index is 1.87. The minimum absolute atomic E-state index is 0.0328. The lowest BCUT2D eigenvalue weighted by Crippen LogP contribution is -2.52. The van der Waals surface area contributed by atoms with Gasteiger partial charge < -0.3 is 10.1 Å². The molecule has 0 radical (unpaired) electrons. The molecule has 5 nitrogen and oxygen atoms in total. The van der Waals surface area contributed by atoms with Crippen molar-refractivity contribution in [1.29, 1.82) is 0 Å². The number of hydrogen-bond donors (Lipinski definition) is 1. The number of nitrogens with zero attached hydrogens (tertiary/aromatic N) is 3. The molecule has 3 unspecified atom stereocenters. The molecule has 3 aromatic heterocycles. The Bertz CT molecular complexity index is 1180. The van der Waals surface area contributed by atoms with Crippen LogP contribution in [0.3, 0.4) is 0 Å². The van der Waals surface area contributed by atoms with Crippen LogP contribution >= 0.6 is 0 Å². The van der Waals surface area contributed by atoms with E-state index in [1.807, 2.05) is 28.8 Å². The number of rotatable bonds is 0. The third-order valence-electron chi connectivity index (χ3n) is 7.23. The van der Waals surface area contributed by atoms with Gasteiger partial charge in [0.25, 0.3) is 5.56 Å². The van der Waals surface area contributed by atoms with Crippen molar-refractivity contribution in [2.75, 3.05) is 0 Å². The number of hydrogen-bond acceptors (Lipinski definition) is 4. The van der Waals surface area contributed by atoms with Crippen LogP contribution < -0.4 is 11.3 Å². The van der Waals surface area contributed by atoms with Crippen LogP contribution in [0.5, 0.6) is 0 Å². The molecule has 5 rings (SSSR count). The van der Waals surface area contributed by atoms with Gasteiger partial charge in [-0.15, -0.1) is 0 Å². The van der Waals surface area contributed by atoms with Gasteiger partial charge in [-0.05, 0) is 49.3 Å². The molecule has 3 aromatic rings. The van der Waals surface area contributed by atoms with Crippen molar-refractivity contribution in [3.63, 3.8) is 0 Å². The predicted molar refractivity (Wildman–Crippen MR) is 107 cm³/mol. The van der Waals surface area contributed by atoms with Crippen molar-refractivity contribution in [1.82, 2.24) is 14.4 Å². The fourth-order valence-corrected chi connectivity index (χ4v) is 5.16. The summed E-state index contributed by atoms with van der Waals surface area (Å²) >= 11 is 0. The summed E-state index contributed by atoms with van der Waals surface area (Å²) in [7, 11) is 0. The van der Waals surface area contributed by atoms with E-state index in [2.05, 4.69) is 39.6 Å². The molecular formula is C22H26N4O. The molecule has 0 aliphatic heterocycles. The fourth-order valence-electron chi connectivity index (χ4n) is 5.16. The van der Waals surface area contributed by atoms with Crippen LogP contribution in [-0.4, -0.2) is 14.4 Å². The maximum absolute atomic E-state index is 13.0. The maximum atomic E-state index is 13.0. The lowest BCUT2D eigenvalue weighted by atomic mass is 9.56. The topological polar surface area (TPSA) is 73.3 Å². The first-order valence-corrected chi connectivity index (χ1v) is 9.71. The summed E-state index contributed by atoms with van der Waals surface area (Å²) in [6.07, 6.45) is 4.05. The minimum Gasteiger partial charge on any atom is -0.320 e. The van der Waals surface area contributed by atoms with Gasteiger partial charge in [-0.1, -0.05) is 27.7 Å². The summed E-state index contributed by atoms with van der Waals surface area (Å²) in [5.74, 6) is 0.219. The molecule has 0 spiro atoms. The van der Waals surface area contributed by atoms with Crippen LogP contribution in [0.25, 0.3) is 16.6 Å². The molecule has 2 aliphatic rings. The molecule has 3 heterocycles. The second kappa shape index (κ2) is 4.76. The quantitative estimate of drug-likeness (QED) is 0.620. The largest absolute Gasteiger partial charge is 0.320 e. The average molecular weight is 362 g/mol. The van der Waals surface area contributed by atoms with Crippen LogP contribution in [0, 0.1) is 5.41 Å². The Kier molecular flexibility index (Phi) is 2.98. The summed E-state index contributed by atoms with van der Waals surface area (Å²) < 4.78 is 2.04. The van der Waals surface area contributed by atoms with Gasteiger partial charge in [0.2, 0.25) is 0 Å². The van der Waals surface area contributed by atoms with E-state index >= 15 is 0 Å². The van der Waals surface area contributed by atoms with Gasteiger partial charge in [0.1, 0.15) is 0 Å². The number of nitrogens with two attached hydrogens (primary N) is 1. The average Bonchev–Trinajstić information content (AvgIpc) is 2.70. The van der Waals surface area contributed by atoms with Gasteiger partial charge in [0, 0.05) is 28.3 Å². The summed E-state index contributed by atoms with van der Waals surface area (Å²) in [4.78, 5) is 22.3. The van der Waals surface area contributed by atoms with Crippen molar-refractivity contribution in [3.05, 3.63) is 51.7 Å². The monoisotopic (exact) mass is 362 g/mol. The Morgan fingerprint density at radius 2 is 1.93 bits per heavy atom. The Morgan fingerprint density at radius 1 is 1.19 bits per heavy atom. The molecule has 0 saturated heterocycles. The molecule has 3 atom stereocenters. The molecule has 0 amide bonds. The van der Waals surface area contributed by atoms with E-state index in [1.165, 1.54) is 0 Å². The first-order valence-electron chi connectivity index (χ1n) is 9.71. The van der Waals surface area contributed by atoms with Crippen molar-refractivity contribution >= 4 is 16.6 Å². The van der Waals surface area contributed by atoms with E-state index in [9.17, 15) is 4.79 Å². The molecule has 1 saturated carbocycles. The van der Waals surface area contributed by atoms with E-state index in [0.717, 1.165) is 40.7 Å². The van der Waals surface area contributed by atoms with Crippen LogP contribution in [0.4, 0.5) is 0 Å². The minimum atomic E-state index is -0.553. The second-order valence-electron chi connectivity index (χ2n) is 9.78. The third-order valence-corrected chi connectivity index (χ3v) is 7.23. The van der Waals surface area contributed by atoms with Gasteiger partial charge in [0.05, 0.1) is 16.7 Å². The van der Waals surface area contributed by atoms with Crippen LogP contribution in [-0.2, 0) is 11.0 Å². The molecule has 0 bridgehead atoms. The highest BCUT2D eigenvalue weighted by Crippen LogP contribution is 2.66. The van der Waals surface area contributed by atoms with Crippen LogP contribution in [0.15, 0.2) is 29.2 Å². The van der Waals surface area contributed by atoms with Crippen molar-refractivity contribution < 1.29 is 0 Å². The summed E-state index contributed by atoms with van der Waals surface area (Å²) in [6, 6.07) is 6.09. The highest BCUT2D eigenvalue weighted by Gasteiger charge is 2.62. The van der Waals surface area contributed by atoms with Gasteiger partial charge in [0.15, 0.2) is 5.65 Å². The zero-order valence-corrected chi connectivity index (χ0v) is 16.6. The highest BCUT2D eigenvalue weighted by atomic mass is 16.1. The predicted octanol–water partition coefficient (Wildman–Crippen LogP) is 3.61. The van der Waals surface area contributed by atoms with E-state index < -0.39 is 5.54 Å². The third kappa shape index (κ3) is 1.90. The first-order chi connectivity index (χ1) is 12.6. The fraction of sp³-hybridized carbons (Fsp3) is 0.500.